The molecule has 3 aromatic rings. The van der Waals surface area contributed by atoms with Crippen LogP contribution in [0.4, 0.5) is 15.8 Å². The molecule has 2 heterocycles. The molecule has 3 aromatic carbocycles. The van der Waals surface area contributed by atoms with Crippen molar-refractivity contribution in [3.63, 3.8) is 0 Å². The maximum absolute atomic E-state index is 14.6. The van der Waals surface area contributed by atoms with Crippen molar-refractivity contribution in [3.8, 4) is 11.1 Å². The predicted molar refractivity (Wildman–Crippen MR) is 146 cm³/mol. The van der Waals surface area contributed by atoms with Gasteiger partial charge in [-0.1, -0.05) is 35.3 Å². The zero-order chi connectivity index (χ0) is 27.0. The van der Waals surface area contributed by atoms with Gasteiger partial charge in [0.25, 0.3) is 11.8 Å². The van der Waals surface area contributed by atoms with Gasteiger partial charge in [-0.25, -0.2) is 4.39 Å². The molecule has 1 spiro atoms. The minimum Gasteiger partial charge on any atom is -0.395 e. The van der Waals surface area contributed by atoms with Gasteiger partial charge in [0.1, 0.15) is 5.82 Å². The van der Waals surface area contributed by atoms with E-state index < -0.39 is 11.7 Å². The van der Waals surface area contributed by atoms with Gasteiger partial charge in [-0.15, -0.1) is 0 Å². The Morgan fingerprint density at radius 3 is 2.53 bits per heavy atom. The fourth-order valence-corrected chi connectivity index (χ4v) is 5.34. The van der Waals surface area contributed by atoms with Crippen molar-refractivity contribution < 1.29 is 23.8 Å². The number of aliphatic hydroxyl groups excluding tert-OH is 1. The fraction of sp³-hybridized carbons (Fsp3) is 0.286. The van der Waals surface area contributed by atoms with Gasteiger partial charge in [0, 0.05) is 42.8 Å². The summed E-state index contributed by atoms with van der Waals surface area (Å²) in [4.78, 5) is 29.4. The van der Waals surface area contributed by atoms with Crippen LogP contribution >= 0.6 is 23.2 Å². The van der Waals surface area contributed by atoms with Gasteiger partial charge < -0.3 is 25.0 Å². The van der Waals surface area contributed by atoms with E-state index in [2.05, 4.69) is 10.2 Å². The van der Waals surface area contributed by atoms with Gasteiger partial charge in [-0.2, -0.15) is 0 Å². The molecule has 0 aromatic heterocycles. The lowest BCUT2D eigenvalue weighted by Crippen LogP contribution is -2.66. The van der Waals surface area contributed by atoms with E-state index >= 15 is 0 Å². The molecule has 0 saturated carbocycles. The van der Waals surface area contributed by atoms with Crippen molar-refractivity contribution in [2.45, 2.75) is 0 Å². The fourth-order valence-electron chi connectivity index (χ4n) is 4.87. The average molecular weight is 558 g/mol. The normalized spacial score (nSPS) is 15.6. The summed E-state index contributed by atoms with van der Waals surface area (Å²) in [6, 6.07) is 14.6. The number of hydrogen-bond acceptors (Lipinski definition) is 5. The van der Waals surface area contributed by atoms with Gasteiger partial charge in [-0.05, 0) is 48.0 Å². The lowest BCUT2D eigenvalue weighted by molar-refractivity contribution is -0.127. The first-order valence-corrected chi connectivity index (χ1v) is 12.9. The minimum absolute atomic E-state index is 0.0395. The molecule has 2 aliphatic heterocycles. The highest BCUT2D eigenvalue weighted by molar-refractivity contribution is 6.35. The first-order valence-electron chi connectivity index (χ1n) is 12.1. The first-order chi connectivity index (χ1) is 18.2. The summed E-state index contributed by atoms with van der Waals surface area (Å²) in [5, 5.41) is 12.2. The molecule has 0 atom stereocenters. The number of nitrogens with zero attached hydrogens (tertiary/aromatic N) is 2. The van der Waals surface area contributed by atoms with Crippen LogP contribution in [0.15, 0.2) is 54.6 Å². The van der Waals surface area contributed by atoms with Crippen LogP contribution in [0.5, 0.6) is 0 Å². The lowest BCUT2D eigenvalue weighted by Gasteiger charge is -2.56. The Morgan fingerprint density at radius 1 is 1.11 bits per heavy atom. The van der Waals surface area contributed by atoms with Crippen LogP contribution in [-0.2, 0) is 4.74 Å². The first kappa shape index (κ1) is 26.4. The number of carbonyl (C=O) groups excluding carboxylic acids is 2. The molecule has 0 bridgehead atoms. The highest BCUT2D eigenvalue weighted by atomic mass is 35.5. The van der Waals surface area contributed by atoms with Crippen LogP contribution in [0.1, 0.15) is 20.7 Å². The van der Waals surface area contributed by atoms with Crippen LogP contribution < -0.4 is 15.1 Å². The van der Waals surface area contributed by atoms with Crippen molar-refractivity contribution in [1.82, 2.24) is 5.32 Å². The molecule has 0 aliphatic carbocycles. The van der Waals surface area contributed by atoms with Gasteiger partial charge in [0.05, 0.1) is 47.2 Å². The van der Waals surface area contributed by atoms with Gasteiger partial charge in [0.2, 0.25) is 0 Å². The summed E-state index contributed by atoms with van der Waals surface area (Å²) >= 11 is 12.7. The zero-order valence-electron chi connectivity index (χ0n) is 20.6. The molecule has 2 N–H and O–H groups in total. The van der Waals surface area contributed by atoms with Crippen LogP contribution in [-0.4, -0.2) is 63.4 Å². The van der Waals surface area contributed by atoms with E-state index in [4.69, 9.17) is 33.0 Å². The molecule has 2 fully saturated rings. The third kappa shape index (κ3) is 4.85. The van der Waals surface area contributed by atoms with Gasteiger partial charge in [0.15, 0.2) is 0 Å². The number of anilines is 2. The minimum atomic E-state index is -0.690. The maximum atomic E-state index is 14.6. The van der Waals surface area contributed by atoms with E-state index in [0.29, 0.717) is 35.1 Å². The molecule has 2 saturated heterocycles. The Labute approximate surface area is 229 Å². The van der Waals surface area contributed by atoms with E-state index in [1.54, 1.807) is 31.3 Å². The van der Waals surface area contributed by atoms with Crippen molar-refractivity contribution in [2.75, 3.05) is 56.3 Å². The molecule has 2 amide bonds. The zero-order valence-corrected chi connectivity index (χ0v) is 22.2. The molecular weight excluding hydrogens is 532 g/mol. The van der Waals surface area contributed by atoms with E-state index in [1.807, 2.05) is 12.1 Å². The average Bonchev–Trinajstić information content (AvgIpc) is 2.85. The molecular formula is C28H26Cl2FN3O4. The van der Waals surface area contributed by atoms with E-state index in [-0.39, 0.29) is 35.1 Å². The molecule has 2 aliphatic rings. The Balaban J connectivity index is 1.53. The van der Waals surface area contributed by atoms with Crippen molar-refractivity contribution in [1.29, 1.82) is 0 Å². The quantitative estimate of drug-likeness (QED) is 0.442. The summed E-state index contributed by atoms with van der Waals surface area (Å²) in [6.07, 6.45) is 0. The second-order valence-electron chi connectivity index (χ2n) is 9.69. The van der Waals surface area contributed by atoms with Crippen molar-refractivity contribution >= 4 is 46.4 Å². The van der Waals surface area contributed by atoms with Crippen LogP contribution in [0, 0.1) is 11.2 Å². The van der Waals surface area contributed by atoms with Crippen LogP contribution in [0.2, 0.25) is 10.0 Å². The molecule has 198 valence electrons. The summed E-state index contributed by atoms with van der Waals surface area (Å²) < 4.78 is 20.0. The number of benzene rings is 3. The Bertz CT molecular complexity index is 1380. The van der Waals surface area contributed by atoms with E-state index in [1.165, 1.54) is 23.1 Å². The van der Waals surface area contributed by atoms with Crippen LogP contribution in [0.3, 0.4) is 0 Å². The Morgan fingerprint density at radius 2 is 1.87 bits per heavy atom. The number of amides is 2. The largest absolute Gasteiger partial charge is 0.395 e. The SMILES string of the molecule is CN(C(=O)c1c(F)cccc1Cl)c1ccc(-c2cc(C(=O)NCCO)ccc2Cl)cc1N1CC2(COC2)C1. The highest BCUT2D eigenvalue weighted by Gasteiger charge is 2.49. The number of rotatable bonds is 7. The van der Waals surface area contributed by atoms with Gasteiger partial charge >= 0.3 is 0 Å². The van der Waals surface area contributed by atoms with Crippen LogP contribution in [0.25, 0.3) is 11.1 Å². The molecule has 0 radical (unpaired) electrons. The second-order valence-corrected chi connectivity index (χ2v) is 10.5. The van der Waals surface area contributed by atoms with Crippen molar-refractivity contribution in [3.05, 3.63) is 81.6 Å². The smallest absolute Gasteiger partial charge is 0.262 e. The monoisotopic (exact) mass is 557 g/mol. The summed E-state index contributed by atoms with van der Waals surface area (Å²) in [6.45, 7) is 2.86. The van der Waals surface area contributed by atoms with Gasteiger partial charge in [-0.3, -0.25) is 9.59 Å². The number of ether oxygens (including phenoxy) is 1. The molecule has 38 heavy (non-hydrogen) atoms. The summed E-state index contributed by atoms with van der Waals surface area (Å²) in [7, 11) is 1.59. The Hall–Kier alpha value is -3.17. The lowest BCUT2D eigenvalue weighted by atomic mass is 9.77. The number of halogens is 3. The van der Waals surface area contributed by atoms with Crippen molar-refractivity contribution in [2.24, 2.45) is 5.41 Å². The highest BCUT2D eigenvalue weighted by Crippen LogP contribution is 2.45. The maximum Gasteiger partial charge on any atom is 0.262 e. The molecule has 0 unspecified atom stereocenters. The molecule has 10 heteroatoms. The topological polar surface area (TPSA) is 82.1 Å². The number of hydrogen-bond donors (Lipinski definition) is 2. The summed E-state index contributed by atoms with van der Waals surface area (Å²) in [5.41, 5.74) is 3.07. The third-order valence-electron chi connectivity index (χ3n) is 6.96. The molecule has 7 nitrogen and oxygen atoms in total. The number of carbonyl (C=O) groups is 2. The van der Waals surface area contributed by atoms with E-state index in [9.17, 15) is 14.0 Å². The number of aliphatic hydroxyl groups is 1. The Kier molecular flexibility index (Phi) is 7.33. The molecule has 5 rings (SSSR count). The standard InChI is InChI=1S/C28H26Cl2FN3O4/c1-33(27(37)25-21(30)3-2-4-22(25)31)23-8-6-17(12-24(23)34-13-28(14-34)15-38-16-28)19-11-18(5-7-20(19)29)26(36)32-9-10-35/h2-8,11-12,35H,9-10,13-16H2,1H3,(H,32,36). The third-order valence-corrected chi connectivity index (χ3v) is 7.61. The second kappa shape index (κ2) is 10.5. The van der Waals surface area contributed by atoms with E-state index in [0.717, 1.165) is 24.3 Å². The summed E-state index contributed by atoms with van der Waals surface area (Å²) in [5.74, 6) is -1.58. The number of nitrogens with one attached hydrogen (secondary N) is 1. The predicted octanol–water partition coefficient (Wildman–Crippen LogP) is 4.63.